The Morgan fingerprint density at radius 1 is 1.58 bits per heavy atom. The number of hydrogen-bond donors (Lipinski definition) is 1. The summed E-state index contributed by atoms with van der Waals surface area (Å²) in [4.78, 5) is 19.9. The molecule has 0 aliphatic heterocycles. The third-order valence-corrected chi connectivity index (χ3v) is 1.83. The summed E-state index contributed by atoms with van der Waals surface area (Å²) in [6.07, 6.45) is 3.81. The van der Waals surface area contributed by atoms with Crippen LogP contribution in [-0.2, 0) is 28.4 Å². The van der Waals surface area contributed by atoms with Gasteiger partial charge in [-0.2, -0.15) is 0 Å². The van der Waals surface area contributed by atoms with Gasteiger partial charge in [-0.3, -0.25) is 0 Å². The van der Waals surface area contributed by atoms with Crippen LogP contribution in [0.4, 0.5) is 0 Å². The zero-order chi connectivity index (χ0) is 8.91. The average molecular weight is 272 g/mol. The number of phosphoric acid groups is 1. The summed E-state index contributed by atoms with van der Waals surface area (Å²) < 4.78 is 13.9. The second-order valence-corrected chi connectivity index (χ2v) is 3.48. The molecule has 0 heterocycles. The first-order chi connectivity index (χ1) is 4.95. The van der Waals surface area contributed by atoms with Gasteiger partial charge >= 0.3 is 74.9 Å². The molecule has 0 aromatic carbocycles. The fraction of sp³-hybridized carbons (Fsp3) is 0. The van der Waals surface area contributed by atoms with Crippen molar-refractivity contribution in [1.82, 2.24) is 6.15 Å². The van der Waals surface area contributed by atoms with Crippen molar-refractivity contribution >= 4 is 11.9 Å². The van der Waals surface area contributed by atoms with E-state index in [9.17, 15) is 14.4 Å². The Kier molecular flexibility index (Phi) is 8.05. The molecular weight excluding hydrogens is 265 g/mol. The summed E-state index contributed by atoms with van der Waals surface area (Å²) in [6.45, 7) is 4.94. The maximum atomic E-state index is 9.96. The van der Waals surface area contributed by atoms with Crippen LogP contribution in [0.1, 0.15) is 0 Å². The van der Waals surface area contributed by atoms with Crippen molar-refractivity contribution in [2.45, 2.75) is 0 Å². The molecule has 0 radical (unpaired) electrons. The minimum absolute atomic E-state index is 0. The van der Waals surface area contributed by atoms with Gasteiger partial charge in [-0.05, 0) is 0 Å². The topological polar surface area (TPSA) is 107 Å². The molecule has 0 aliphatic rings. The predicted octanol–water partition coefficient (Wildman–Crippen LogP) is -0.784. The molecule has 0 unspecified atom stereocenters. The monoisotopic (exact) mass is 274 g/mol. The molecule has 0 fully saturated rings. The van der Waals surface area contributed by atoms with Gasteiger partial charge in [0.2, 0.25) is 0 Å². The molecule has 3 N–H and O–H groups in total. The zero-order valence-corrected chi connectivity index (χ0v) is 8.91. The number of rotatable bonds is 4. The summed E-state index contributed by atoms with van der Waals surface area (Å²) in [5.41, 5.74) is 0. The second-order valence-electron chi connectivity index (χ2n) is 1.41. The Morgan fingerprint density at radius 2 is 2.08 bits per heavy atom. The summed E-state index contributed by atoms with van der Waals surface area (Å²) in [7, 11) is -4.90. The minimum atomic E-state index is -4.90. The standard InChI is InChI=1S/C5H6O4P.Mo.H3N/c1-2-3-4-5-9-10(6,7)8;;/h1-4H,(H2,6,7,8);;1H3/q-1;;/p-2/b4-3-;;. The summed E-state index contributed by atoms with van der Waals surface area (Å²) in [5, 5.41) is 0. The molecule has 70 valence electrons. The molecule has 0 aromatic heterocycles. The molecule has 0 aliphatic carbocycles. The van der Waals surface area contributed by atoms with Gasteiger partial charge in [-0.1, -0.05) is 0 Å². The van der Waals surface area contributed by atoms with Crippen LogP contribution in [0.2, 0.25) is 0 Å². The van der Waals surface area contributed by atoms with Crippen molar-refractivity contribution in [2.75, 3.05) is 0 Å². The van der Waals surface area contributed by atoms with E-state index in [4.69, 9.17) is 6.58 Å². The third-order valence-electron chi connectivity index (χ3n) is 0.545. The fourth-order valence-electron chi connectivity index (χ4n) is 0.275. The molecule has 0 amide bonds. The van der Waals surface area contributed by atoms with Crippen LogP contribution in [0.5, 0.6) is 0 Å². The Bertz CT molecular complexity index is 234. The maximum absolute atomic E-state index is 9.96. The van der Waals surface area contributed by atoms with Gasteiger partial charge in [0.05, 0.1) is 0 Å². The van der Waals surface area contributed by atoms with Crippen LogP contribution in [-0.4, -0.2) is 4.08 Å². The zero-order valence-electron chi connectivity index (χ0n) is 6.00. The van der Waals surface area contributed by atoms with Crippen LogP contribution >= 0.6 is 7.82 Å². The van der Waals surface area contributed by atoms with Gasteiger partial charge in [0.15, 0.2) is 0 Å². The molecule has 0 atom stereocenters. The molecule has 0 aromatic rings. The van der Waals surface area contributed by atoms with Crippen LogP contribution in [0.3, 0.4) is 0 Å². The van der Waals surface area contributed by atoms with E-state index in [1.54, 1.807) is 0 Å². The quantitative estimate of drug-likeness (QED) is 0.312. The second kappa shape index (κ2) is 6.61. The molecule has 7 heteroatoms. The van der Waals surface area contributed by atoms with Crippen LogP contribution in [0.15, 0.2) is 18.2 Å². The van der Waals surface area contributed by atoms with E-state index in [2.05, 4.69) is 4.52 Å². The molecule has 0 saturated carbocycles. The van der Waals surface area contributed by atoms with Crippen molar-refractivity contribution in [1.29, 1.82) is 0 Å². The van der Waals surface area contributed by atoms with E-state index in [1.165, 1.54) is 37.6 Å². The van der Waals surface area contributed by atoms with Crippen molar-refractivity contribution < 1.29 is 38.2 Å². The Labute approximate surface area is 81.4 Å². The van der Waals surface area contributed by atoms with Crippen LogP contribution in [0, 0.1) is 6.58 Å². The Hall–Kier alpha value is 0.108. The molecular formula is C5H7MoNO4P-3. The molecule has 5 nitrogen and oxygen atoms in total. The predicted molar refractivity (Wildman–Crippen MR) is 36.7 cm³/mol. The Balaban J connectivity index is 0. The van der Waals surface area contributed by atoms with Gasteiger partial charge in [0.25, 0.3) is 0 Å². The van der Waals surface area contributed by atoms with Crippen LogP contribution < -0.4 is 15.9 Å². The number of allylic oxidation sites excluding steroid dienone is 2. The third kappa shape index (κ3) is 10.1. The molecule has 0 bridgehead atoms. The molecule has 0 rings (SSSR count). The summed E-state index contributed by atoms with van der Waals surface area (Å²) in [6, 6.07) is 0. The fourth-order valence-corrected chi connectivity index (χ4v) is 1.42. The SMILES string of the molecule is N.[CH-]=C/C=C\[C](=[Mo])OP(=O)([O-])[O-]. The van der Waals surface area contributed by atoms with E-state index in [1.807, 2.05) is 0 Å². The van der Waals surface area contributed by atoms with Crippen molar-refractivity contribution in [3.63, 3.8) is 0 Å². The van der Waals surface area contributed by atoms with Crippen molar-refractivity contribution in [2.24, 2.45) is 0 Å². The van der Waals surface area contributed by atoms with Crippen molar-refractivity contribution in [3.05, 3.63) is 24.8 Å². The summed E-state index contributed by atoms with van der Waals surface area (Å²) >= 11 is 1.26. The van der Waals surface area contributed by atoms with Gasteiger partial charge in [-0.25, -0.2) is 0 Å². The number of phosphoric ester groups is 1. The Morgan fingerprint density at radius 3 is 2.42 bits per heavy atom. The first-order valence-electron chi connectivity index (χ1n) is 2.43. The molecule has 12 heavy (non-hydrogen) atoms. The van der Waals surface area contributed by atoms with E-state index in [-0.39, 0.29) is 10.2 Å². The van der Waals surface area contributed by atoms with Crippen molar-refractivity contribution in [3.8, 4) is 0 Å². The summed E-state index contributed by atoms with van der Waals surface area (Å²) in [5.74, 6) is 0. The van der Waals surface area contributed by atoms with Gasteiger partial charge in [0.1, 0.15) is 0 Å². The van der Waals surface area contributed by atoms with E-state index < -0.39 is 7.82 Å². The van der Waals surface area contributed by atoms with Crippen LogP contribution in [0.25, 0.3) is 0 Å². The van der Waals surface area contributed by atoms with Gasteiger partial charge in [0, 0.05) is 0 Å². The first kappa shape index (κ1) is 14.6. The molecule has 0 saturated heterocycles. The van der Waals surface area contributed by atoms with E-state index in [0.29, 0.717) is 0 Å². The van der Waals surface area contributed by atoms with Gasteiger partial charge < -0.3 is 6.15 Å². The number of hydrogen-bond acceptors (Lipinski definition) is 5. The molecule has 0 spiro atoms. The van der Waals surface area contributed by atoms with E-state index >= 15 is 0 Å². The van der Waals surface area contributed by atoms with Gasteiger partial charge in [-0.15, -0.1) is 0 Å². The normalized spacial score (nSPS) is 10.8. The average Bonchev–Trinajstić information content (AvgIpc) is 1.79. The first-order valence-corrected chi connectivity index (χ1v) is 4.89. The van der Waals surface area contributed by atoms with E-state index in [0.717, 1.165) is 0 Å².